The SMILES string of the molecule is CCNC(=O)C(C)N(Cc1cccc(Br)c1)C(=O)CCc1cccc2ccccc12. The summed E-state index contributed by atoms with van der Waals surface area (Å²) < 4.78 is 0.953. The minimum absolute atomic E-state index is 0.0262. The van der Waals surface area contributed by atoms with Crippen molar-refractivity contribution in [1.29, 1.82) is 0 Å². The molecule has 4 nitrogen and oxygen atoms in total. The lowest BCUT2D eigenvalue weighted by atomic mass is 10.0. The summed E-state index contributed by atoms with van der Waals surface area (Å²) in [6, 6.07) is 21.7. The smallest absolute Gasteiger partial charge is 0.242 e. The number of carbonyl (C=O) groups excluding carboxylic acids is 2. The van der Waals surface area contributed by atoms with Gasteiger partial charge >= 0.3 is 0 Å². The highest BCUT2D eigenvalue weighted by Crippen LogP contribution is 2.21. The Hall–Kier alpha value is -2.66. The topological polar surface area (TPSA) is 49.4 Å². The third-order valence-electron chi connectivity index (χ3n) is 5.25. The van der Waals surface area contributed by atoms with E-state index < -0.39 is 6.04 Å². The molecule has 0 aliphatic rings. The van der Waals surface area contributed by atoms with Crippen LogP contribution in [0.5, 0.6) is 0 Å². The van der Waals surface area contributed by atoms with Crippen LogP contribution in [0.3, 0.4) is 0 Å². The first-order valence-corrected chi connectivity index (χ1v) is 11.1. The van der Waals surface area contributed by atoms with Gasteiger partial charge in [-0.05, 0) is 54.3 Å². The Kier molecular flexibility index (Phi) is 7.63. The average molecular weight is 467 g/mol. The van der Waals surface area contributed by atoms with Crippen LogP contribution < -0.4 is 5.32 Å². The second-order valence-corrected chi connectivity index (χ2v) is 8.28. The molecular weight excluding hydrogens is 440 g/mol. The van der Waals surface area contributed by atoms with E-state index in [2.05, 4.69) is 45.5 Å². The van der Waals surface area contributed by atoms with Crippen LogP contribution in [0.15, 0.2) is 71.2 Å². The molecule has 0 fully saturated rings. The molecule has 0 saturated heterocycles. The zero-order valence-corrected chi connectivity index (χ0v) is 19.0. The van der Waals surface area contributed by atoms with Gasteiger partial charge in [0.05, 0.1) is 0 Å². The van der Waals surface area contributed by atoms with Gasteiger partial charge < -0.3 is 10.2 Å². The number of halogens is 1. The van der Waals surface area contributed by atoms with Gasteiger partial charge in [0, 0.05) is 24.0 Å². The first-order chi connectivity index (χ1) is 14.5. The highest BCUT2D eigenvalue weighted by atomic mass is 79.9. The summed E-state index contributed by atoms with van der Waals surface area (Å²) in [5.74, 6) is -0.160. The molecule has 5 heteroatoms. The Morgan fingerprint density at radius 2 is 1.77 bits per heavy atom. The lowest BCUT2D eigenvalue weighted by molar-refractivity contribution is -0.140. The monoisotopic (exact) mass is 466 g/mol. The number of likely N-dealkylation sites (N-methyl/N-ethyl adjacent to an activating group) is 1. The Morgan fingerprint density at radius 3 is 2.53 bits per heavy atom. The van der Waals surface area contributed by atoms with E-state index in [9.17, 15) is 9.59 Å². The molecule has 0 aliphatic carbocycles. The van der Waals surface area contributed by atoms with E-state index in [-0.39, 0.29) is 11.8 Å². The molecule has 3 aromatic rings. The summed E-state index contributed by atoms with van der Waals surface area (Å²) in [4.78, 5) is 27.4. The van der Waals surface area contributed by atoms with E-state index in [1.807, 2.05) is 49.4 Å². The maximum Gasteiger partial charge on any atom is 0.242 e. The molecule has 3 aromatic carbocycles. The van der Waals surface area contributed by atoms with E-state index in [4.69, 9.17) is 0 Å². The van der Waals surface area contributed by atoms with Gasteiger partial charge in [0.1, 0.15) is 6.04 Å². The fraction of sp³-hybridized carbons (Fsp3) is 0.280. The molecule has 0 spiro atoms. The van der Waals surface area contributed by atoms with Crippen LogP contribution in [0.2, 0.25) is 0 Å². The Morgan fingerprint density at radius 1 is 1.03 bits per heavy atom. The number of hydrogen-bond donors (Lipinski definition) is 1. The lowest BCUT2D eigenvalue weighted by Gasteiger charge is -2.29. The van der Waals surface area contributed by atoms with Crippen molar-refractivity contribution in [3.8, 4) is 0 Å². The molecule has 1 atom stereocenters. The van der Waals surface area contributed by atoms with Crippen LogP contribution in [0.25, 0.3) is 10.8 Å². The van der Waals surface area contributed by atoms with E-state index in [1.165, 1.54) is 10.8 Å². The van der Waals surface area contributed by atoms with Crippen LogP contribution in [-0.4, -0.2) is 29.3 Å². The number of nitrogens with zero attached hydrogens (tertiary/aromatic N) is 1. The number of carbonyl (C=O) groups is 2. The maximum atomic E-state index is 13.2. The molecule has 1 unspecified atom stereocenters. The second-order valence-electron chi connectivity index (χ2n) is 7.36. The molecule has 0 heterocycles. The largest absolute Gasteiger partial charge is 0.355 e. The van der Waals surface area contributed by atoms with Crippen LogP contribution in [0, 0.1) is 0 Å². The van der Waals surface area contributed by atoms with Crippen molar-refractivity contribution >= 4 is 38.5 Å². The lowest BCUT2D eigenvalue weighted by Crippen LogP contribution is -2.47. The second kappa shape index (κ2) is 10.4. The number of hydrogen-bond acceptors (Lipinski definition) is 2. The van der Waals surface area contributed by atoms with E-state index in [0.717, 1.165) is 15.6 Å². The molecular formula is C25H27BrN2O2. The molecule has 0 aromatic heterocycles. The number of amides is 2. The molecule has 0 bridgehead atoms. The van der Waals surface area contributed by atoms with Crippen molar-refractivity contribution in [3.05, 3.63) is 82.3 Å². The molecule has 0 saturated carbocycles. The predicted molar refractivity (Wildman–Crippen MR) is 125 cm³/mol. The predicted octanol–water partition coefficient (Wildman–Crippen LogP) is 5.09. The van der Waals surface area contributed by atoms with Gasteiger partial charge in [-0.15, -0.1) is 0 Å². The number of nitrogens with one attached hydrogen (secondary N) is 1. The van der Waals surface area contributed by atoms with Gasteiger partial charge in [-0.25, -0.2) is 0 Å². The minimum atomic E-state index is -0.538. The summed E-state index contributed by atoms with van der Waals surface area (Å²) in [7, 11) is 0. The van der Waals surface area contributed by atoms with Crippen molar-refractivity contribution in [2.24, 2.45) is 0 Å². The van der Waals surface area contributed by atoms with Crippen LogP contribution >= 0.6 is 15.9 Å². The fourth-order valence-corrected chi connectivity index (χ4v) is 4.08. The third-order valence-corrected chi connectivity index (χ3v) is 5.74. The van der Waals surface area contributed by atoms with Crippen LogP contribution in [0.4, 0.5) is 0 Å². The maximum absolute atomic E-state index is 13.2. The summed E-state index contributed by atoms with van der Waals surface area (Å²) >= 11 is 3.48. The normalized spacial score (nSPS) is 11.8. The zero-order chi connectivity index (χ0) is 21.5. The fourth-order valence-electron chi connectivity index (χ4n) is 3.63. The van der Waals surface area contributed by atoms with Gasteiger partial charge in [-0.2, -0.15) is 0 Å². The van der Waals surface area contributed by atoms with Gasteiger partial charge in [0.15, 0.2) is 0 Å². The van der Waals surface area contributed by atoms with Crippen LogP contribution in [0.1, 0.15) is 31.4 Å². The summed E-state index contributed by atoms with van der Waals surface area (Å²) in [5, 5.41) is 5.17. The van der Waals surface area contributed by atoms with Gasteiger partial charge in [0.25, 0.3) is 0 Å². The number of benzene rings is 3. The molecule has 1 N–H and O–H groups in total. The van der Waals surface area contributed by atoms with E-state index >= 15 is 0 Å². The minimum Gasteiger partial charge on any atom is -0.355 e. The number of aryl methyl sites for hydroxylation is 1. The van der Waals surface area contributed by atoms with Crippen molar-refractivity contribution < 1.29 is 9.59 Å². The Labute approximate surface area is 186 Å². The van der Waals surface area contributed by atoms with Gasteiger partial charge in [-0.3, -0.25) is 9.59 Å². The van der Waals surface area contributed by atoms with Crippen molar-refractivity contribution in [1.82, 2.24) is 10.2 Å². The highest BCUT2D eigenvalue weighted by Gasteiger charge is 2.25. The molecule has 2 amide bonds. The van der Waals surface area contributed by atoms with E-state index in [1.54, 1.807) is 11.8 Å². The van der Waals surface area contributed by atoms with Crippen molar-refractivity contribution in [2.45, 2.75) is 39.3 Å². The number of rotatable bonds is 8. The average Bonchev–Trinajstić information content (AvgIpc) is 2.75. The van der Waals surface area contributed by atoms with E-state index in [0.29, 0.717) is 25.9 Å². The highest BCUT2D eigenvalue weighted by molar-refractivity contribution is 9.10. The third kappa shape index (κ3) is 5.48. The zero-order valence-electron chi connectivity index (χ0n) is 17.4. The molecule has 156 valence electrons. The van der Waals surface area contributed by atoms with Crippen molar-refractivity contribution in [2.75, 3.05) is 6.54 Å². The standard InChI is InChI=1S/C25H27BrN2O2/c1-3-27-25(30)18(2)28(17-19-8-6-12-22(26)16-19)24(29)15-14-21-11-7-10-20-9-4-5-13-23(20)21/h4-13,16,18H,3,14-15,17H2,1-2H3,(H,27,30). The summed E-state index contributed by atoms with van der Waals surface area (Å²) in [6.45, 7) is 4.61. The molecule has 0 radical (unpaired) electrons. The van der Waals surface area contributed by atoms with Crippen LogP contribution in [-0.2, 0) is 22.6 Å². The van der Waals surface area contributed by atoms with Gasteiger partial charge in [0.2, 0.25) is 11.8 Å². The summed E-state index contributed by atoms with van der Waals surface area (Å²) in [5.41, 5.74) is 2.13. The first kappa shape index (κ1) is 22.0. The van der Waals surface area contributed by atoms with Crippen molar-refractivity contribution in [3.63, 3.8) is 0 Å². The number of fused-ring (bicyclic) bond motifs is 1. The molecule has 0 aliphatic heterocycles. The first-order valence-electron chi connectivity index (χ1n) is 10.3. The van der Waals surface area contributed by atoms with Gasteiger partial charge in [-0.1, -0.05) is 70.5 Å². The molecule has 30 heavy (non-hydrogen) atoms. The summed E-state index contributed by atoms with van der Waals surface area (Å²) in [6.07, 6.45) is 0.989. The molecule has 3 rings (SSSR count). The quantitative estimate of drug-likeness (QED) is 0.502. The Bertz CT molecular complexity index is 1030. The Balaban J connectivity index is 1.79.